The van der Waals surface area contributed by atoms with Crippen LogP contribution in [0.3, 0.4) is 0 Å². The first-order valence-corrected chi connectivity index (χ1v) is 9.72. The highest BCUT2D eigenvalue weighted by Crippen LogP contribution is 2.32. The Labute approximate surface area is 156 Å². The third-order valence-corrected chi connectivity index (χ3v) is 5.49. The Kier molecular flexibility index (Phi) is 4.51. The van der Waals surface area contributed by atoms with Crippen molar-refractivity contribution in [2.24, 2.45) is 10.1 Å². The van der Waals surface area contributed by atoms with Crippen molar-refractivity contribution in [3.63, 3.8) is 0 Å². The molecule has 2 aliphatic rings. The summed E-state index contributed by atoms with van der Waals surface area (Å²) in [7, 11) is 0. The fourth-order valence-corrected chi connectivity index (χ4v) is 3.88. The standard InChI is InChI=1S/C20H20N4OS/c1-3-12-26-20-22-19(25)17-15-10-6-7-11-16(15)21-18(24(17)23-20)14-9-5-4-8-13(14)2/h4-11,18H,3,12H2,1-2H3,(H,22,23,25). The minimum Gasteiger partial charge on any atom is -0.298 e. The molecule has 4 rings (SSSR count). The number of thioether (sulfide) groups is 1. The highest BCUT2D eigenvalue weighted by molar-refractivity contribution is 8.13. The van der Waals surface area contributed by atoms with Crippen LogP contribution < -0.4 is 15.9 Å². The Morgan fingerprint density at radius 1 is 1.15 bits per heavy atom. The Bertz CT molecular complexity index is 1010. The molecule has 0 aliphatic carbocycles. The molecule has 1 N–H and O–H groups in total. The van der Waals surface area contributed by atoms with E-state index in [0.717, 1.165) is 33.9 Å². The lowest BCUT2D eigenvalue weighted by Gasteiger charge is -2.34. The van der Waals surface area contributed by atoms with Gasteiger partial charge in [0.2, 0.25) is 0 Å². The molecule has 132 valence electrons. The van der Waals surface area contributed by atoms with Crippen LogP contribution in [0.1, 0.15) is 30.6 Å². The van der Waals surface area contributed by atoms with Crippen molar-refractivity contribution in [3.8, 4) is 0 Å². The van der Waals surface area contributed by atoms with E-state index in [-0.39, 0.29) is 12.1 Å². The molecule has 6 heteroatoms. The lowest BCUT2D eigenvalue weighted by molar-refractivity contribution is -0.116. The molecule has 5 nitrogen and oxygen atoms in total. The van der Waals surface area contributed by atoms with Gasteiger partial charge in [-0.05, 0) is 25.0 Å². The molecule has 1 amide bonds. The van der Waals surface area contributed by atoms with Crippen LogP contribution in [-0.2, 0) is 4.79 Å². The number of fused-ring (bicyclic) bond motifs is 2. The highest BCUT2D eigenvalue weighted by Gasteiger charge is 2.34. The SMILES string of the molecule is CCCSC1=NN2C(=c3ccccc3=NC2c2ccccc2C)C(=O)N1. The molecule has 0 fully saturated rings. The maximum atomic E-state index is 12.9. The highest BCUT2D eigenvalue weighted by atomic mass is 32.2. The fourth-order valence-electron chi connectivity index (χ4n) is 3.17. The van der Waals surface area contributed by atoms with Gasteiger partial charge in [0, 0.05) is 16.5 Å². The van der Waals surface area contributed by atoms with Gasteiger partial charge in [-0.25, -0.2) is 5.01 Å². The molecule has 0 aromatic heterocycles. The number of carbonyl (C=O) groups is 1. The largest absolute Gasteiger partial charge is 0.298 e. The topological polar surface area (TPSA) is 57.1 Å². The average Bonchev–Trinajstić information content (AvgIpc) is 2.66. The summed E-state index contributed by atoms with van der Waals surface area (Å²) in [5.41, 5.74) is 2.74. The number of hydrogen-bond acceptors (Lipinski definition) is 5. The number of nitrogens with one attached hydrogen (secondary N) is 1. The van der Waals surface area contributed by atoms with E-state index < -0.39 is 0 Å². The number of hydrogen-bond donors (Lipinski definition) is 1. The summed E-state index contributed by atoms with van der Waals surface area (Å²) >= 11 is 1.56. The maximum Gasteiger partial charge on any atom is 0.276 e. The molecule has 1 atom stereocenters. The van der Waals surface area contributed by atoms with Crippen LogP contribution in [0, 0.1) is 6.92 Å². The number of benzene rings is 2. The lowest BCUT2D eigenvalue weighted by atomic mass is 10.0. The zero-order valence-electron chi connectivity index (χ0n) is 14.8. The van der Waals surface area contributed by atoms with Crippen molar-refractivity contribution in [1.82, 2.24) is 10.3 Å². The number of carbonyl (C=O) groups excluding carboxylic acids is 1. The van der Waals surface area contributed by atoms with Gasteiger partial charge < -0.3 is 0 Å². The zero-order chi connectivity index (χ0) is 18.1. The molecule has 0 radical (unpaired) electrons. The van der Waals surface area contributed by atoms with Crippen molar-refractivity contribution in [2.75, 3.05) is 5.75 Å². The second-order valence-corrected chi connectivity index (χ2v) is 7.36. The smallest absolute Gasteiger partial charge is 0.276 e. The van der Waals surface area contributed by atoms with E-state index in [1.807, 2.05) is 36.4 Å². The molecule has 0 bridgehead atoms. The predicted octanol–water partition coefficient (Wildman–Crippen LogP) is 2.28. The van der Waals surface area contributed by atoms with Crippen molar-refractivity contribution >= 4 is 28.5 Å². The summed E-state index contributed by atoms with van der Waals surface area (Å²) in [6.45, 7) is 4.17. The predicted molar refractivity (Wildman–Crippen MR) is 105 cm³/mol. The summed E-state index contributed by atoms with van der Waals surface area (Å²) < 4.78 is 0. The summed E-state index contributed by atoms with van der Waals surface area (Å²) in [6, 6.07) is 15.9. The van der Waals surface area contributed by atoms with Gasteiger partial charge in [-0.3, -0.25) is 15.1 Å². The van der Waals surface area contributed by atoms with Crippen LogP contribution in [0.5, 0.6) is 0 Å². The lowest BCUT2D eigenvalue weighted by Crippen LogP contribution is -2.50. The van der Waals surface area contributed by atoms with E-state index in [9.17, 15) is 4.79 Å². The second kappa shape index (κ2) is 6.96. The monoisotopic (exact) mass is 364 g/mol. The van der Waals surface area contributed by atoms with E-state index in [0.29, 0.717) is 10.9 Å². The van der Waals surface area contributed by atoms with Crippen LogP contribution in [-0.4, -0.2) is 21.8 Å². The summed E-state index contributed by atoms with van der Waals surface area (Å²) in [6.07, 6.45) is 0.675. The molecule has 2 aliphatic heterocycles. The fraction of sp³-hybridized carbons (Fsp3) is 0.250. The van der Waals surface area contributed by atoms with Gasteiger partial charge in [-0.1, -0.05) is 61.2 Å². The normalized spacial score (nSPS) is 18.5. The molecule has 26 heavy (non-hydrogen) atoms. The number of aryl methyl sites for hydroxylation is 1. The third-order valence-electron chi connectivity index (χ3n) is 4.42. The van der Waals surface area contributed by atoms with Gasteiger partial charge in [-0.2, -0.15) is 0 Å². The summed E-state index contributed by atoms with van der Waals surface area (Å²) in [4.78, 5) is 17.8. The van der Waals surface area contributed by atoms with Crippen LogP contribution in [0.25, 0.3) is 5.70 Å². The number of amidine groups is 1. The first-order valence-electron chi connectivity index (χ1n) is 8.73. The van der Waals surface area contributed by atoms with E-state index in [1.165, 1.54) is 0 Å². The van der Waals surface area contributed by atoms with Crippen LogP contribution >= 0.6 is 11.8 Å². The molecule has 2 aromatic rings. The van der Waals surface area contributed by atoms with Crippen molar-refractivity contribution in [2.45, 2.75) is 26.4 Å². The molecule has 0 spiro atoms. The molecule has 1 unspecified atom stereocenters. The summed E-state index contributed by atoms with van der Waals surface area (Å²) in [5, 5.41) is 11.7. The van der Waals surface area contributed by atoms with E-state index >= 15 is 0 Å². The van der Waals surface area contributed by atoms with Crippen molar-refractivity contribution < 1.29 is 4.79 Å². The number of para-hydroxylation sites is 1. The number of rotatable bonds is 3. The first kappa shape index (κ1) is 16.8. The van der Waals surface area contributed by atoms with E-state index in [1.54, 1.807) is 16.8 Å². The molecule has 0 saturated heterocycles. The zero-order valence-corrected chi connectivity index (χ0v) is 15.6. The Morgan fingerprint density at radius 2 is 1.92 bits per heavy atom. The average molecular weight is 364 g/mol. The van der Waals surface area contributed by atoms with Crippen LogP contribution in [0.2, 0.25) is 0 Å². The minimum atomic E-state index is -0.343. The number of amides is 1. The molecular weight excluding hydrogens is 344 g/mol. The van der Waals surface area contributed by atoms with Gasteiger partial charge in [0.15, 0.2) is 11.3 Å². The van der Waals surface area contributed by atoms with Crippen LogP contribution in [0.15, 0.2) is 58.6 Å². The number of hydrazone groups is 1. The maximum absolute atomic E-state index is 12.9. The second-order valence-electron chi connectivity index (χ2n) is 6.28. The Balaban J connectivity index is 1.92. The molecular formula is C20H20N4OS. The van der Waals surface area contributed by atoms with Gasteiger partial charge in [0.05, 0.1) is 5.36 Å². The molecule has 0 saturated carbocycles. The van der Waals surface area contributed by atoms with Crippen molar-refractivity contribution in [3.05, 3.63) is 70.2 Å². The van der Waals surface area contributed by atoms with E-state index in [4.69, 9.17) is 10.1 Å². The number of nitrogens with zero attached hydrogens (tertiary/aromatic N) is 3. The van der Waals surface area contributed by atoms with Gasteiger partial charge in [0.25, 0.3) is 5.91 Å². The third kappa shape index (κ3) is 2.90. The Morgan fingerprint density at radius 3 is 2.73 bits per heavy atom. The quantitative estimate of drug-likeness (QED) is 0.909. The van der Waals surface area contributed by atoms with Gasteiger partial charge >= 0.3 is 0 Å². The van der Waals surface area contributed by atoms with Crippen molar-refractivity contribution in [1.29, 1.82) is 0 Å². The first-order chi connectivity index (χ1) is 12.7. The van der Waals surface area contributed by atoms with Gasteiger partial charge in [-0.15, -0.1) is 5.10 Å². The van der Waals surface area contributed by atoms with E-state index in [2.05, 4.69) is 31.3 Å². The molecule has 2 heterocycles. The summed E-state index contributed by atoms with van der Waals surface area (Å²) in [5.74, 6) is 0.782. The van der Waals surface area contributed by atoms with Crippen LogP contribution in [0.4, 0.5) is 0 Å². The van der Waals surface area contributed by atoms with Gasteiger partial charge in [0.1, 0.15) is 5.70 Å². The molecule has 2 aromatic carbocycles. The Hall–Kier alpha value is -2.60. The minimum absolute atomic E-state index is 0.125.